The number of fused-ring (bicyclic) bond motifs is 1. The van der Waals surface area contributed by atoms with E-state index in [4.69, 9.17) is 5.73 Å². The molecule has 1 unspecified atom stereocenters. The Morgan fingerprint density at radius 1 is 0.960 bits per heavy atom. The van der Waals surface area contributed by atoms with Gasteiger partial charge in [-0.2, -0.15) is 0 Å². The lowest BCUT2D eigenvalue weighted by atomic mass is 9.83. The number of nitrogens with two attached hydrogens (primary N) is 1. The summed E-state index contributed by atoms with van der Waals surface area (Å²) in [4.78, 5) is 4.82. The summed E-state index contributed by atoms with van der Waals surface area (Å²) in [5, 5.41) is 10.7. The predicted octanol–water partition coefficient (Wildman–Crippen LogP) is 2.23. The van der Waals surface area contributed by atoms with E-state index in [1.165, 1.54) is 16.7 Å². The fourth-order valence-corrected chi connectivity index (χ4v) is 4.40. The number of para-hydroxylation sites is 2. The third-order valence-electron chi connectivity index (χ3n) is 5.85. The Bertz CT molecular complexity index is 753. The molecule has 0 radical (unpaired) electrons. The molecule has 4 nitrogen and oxygen atoms in total. The van der Waals surface area contributed by atoms with Crippen LogP contribution >= 0.6 is 0 Å². The van der Waals surface area contributed by atoms with Crippen molar-refractivity contribution in [3.8, 4) is 0 Å². The van der Waals surface area contributed by atoms with E-state index in [2.05, 4.69) is 41.0 Å². The zero-order chi connectivity index (χ0) is 17.4. The van der Waals surface area contributed by atoms with Gasteiger partial charge in [0.1, 0.15) is 0 Å². The zero-order valence-corrected chi connectivity index (χ0v) is 14.9. The number of aryl methyl sites for hydroxylation is 1. The molecule has 132 valence electrons. The van der Waals surface area contributed by atoms with Crippen molar-refractivity contribution < 1.29 is 5.11 Å². The molecule has 1 aliphatic heterocycles. The maximum absolute atomic E-state index is 10.7. The lowest BCUT2D eigenvalue weighted by molar-refractivity contribution is 0.0394. The minimum Gasteiger partial charge on any atom is -0.397 e. The smallest absolute Gasteiger partial charge is 0.0739 e. The van der Waals surface area contributed by atoms with Crippen LogP contribution in [0.5, 0.6) is 0 Å². The number of aliphatic hydroxyl groups excluding tert-OH is 1. The molecule has 2 aromatic rings. The Labute approximate surface area is 149 Å². The first kappa shape index (κ1) is 16.4. The predicted molar refractivity (Wildman–Crippen MR) is 103 cm³/mol. The summed E-state index contributed by atoms with van der Waals surface area (Å²) in [6, 6.07) is 14.8. The first-order chi connectivity index (χ1) is 12.1. The van der Waals surface area contributed by atoms with Crippen LogP contribution in [0.1, 0.15) is 16.7 Å². The van der Waals surface area contributed by atoms with Gasteiger partial charge < -0.3 is 15.7 Å². The Morgan fingerprint density at radius 3 is 2.48 bits per heavy atom. The third-order valence-corrected chi connectivity index (χ3v) is 5.85. The van der Waals surface area contributed by atoms with Crippen molar-refractivity contribution in [2.45, 2.75) is 31.9 Å². The average Bonchev–Trinajstić information content (AvgIpc) is 2.63. The highest BCUT2D eigenvalue weighted by Gasteiger charge is 2.33. The largest absolute Gasteiger partial charge is 0.397 e. The molecule has 2 aromatic carbocycles. The van der Waals surface area contributed by atoms with Gasteiger partial charge in [-0.3, -0.25) is 4.90 Å². The number of anilines is 2. The topological polar surface area (TPSA) is 52.7 Å². The number of hydrogen-bond acceptors (Lipinski definition) is 4. The molecule has 0 spiro atoms. The van der Waals surface area contributed by atoms with Crippen LogP contribution in [0.25, 0.3) is 0 Å². The van der Waals surface area contributed by atoms with Gasteiger partial charge in [0.15, 0.2) is 0 Å². The van der Waals surface area contributed by atoms with Gasteiger partial charge in [-0.15, -0.1) is 0 Å². The van der Waals surface area contributed by atoms with E-state index in [1.807, 2.05) is 18.2 Å². The zero-order valence-electron chi connectivity index (χ0n) is 14.9. The van der Waals surface area contributed by atoms with Crippen LogP contribution in [-0.2, 0) is 12.8 Å². The number of piperazine rings is 1. The summed E-state index contributed by atoms with van der Waals surface area (Å²) in [5.74, 6) is 0. The van der Waals surface area contributed by atoms with Gasteiger partial charge in [0.2, 0.25) is 0 Å². The SMILES string of the molecule is Cc1cccc2c1CC(O)[C@@H](N1CCN(c3ccccc3N)CC1)C2. The van der Waals surface area contributed by atoms with E-state index in [0.717, 1.165) is 50.4 Å². The quantitative estimate of drug-likeness (QED) is 0.825. The molecule has 4 heteroatoms. The number of benzene rings is 2. The molecule has 25 heavy (non-hydrogen) atoms. The standard InChI is InChI=1S/C21H27N3O/c1-15-5-4-6-16-13-20(21(25)14-17(15)16)24-11-9-23(10-12-24)19-8-3-2-7-18(19)22/h2-8,20-21,25H,9-14,22H2,1H3/t20-,21?/m0/s1. The monoisotopic (exact) mass is 337 g/mol. The number of aliphatic hydroxyl groups is 1. The summed E-state index contributed by atoms with van der Waals surface area (Å²) in [7, 11) is 0. The highest BCUT2D eigenvalue weighted by molar-refractivity contribution is 5.67. The Balaban J connectivity index is 1.45. The lowest BCUT2D eigenvalue weighted by Crippen LogP contribution is -2.56. The highest BCUT2D eigenvalue weighted by Crippen LogP contribution is 2.29. The molecule has 4 rings (SSSR count). The van der Waals surface area contributed by atoms with Crippen LogP contribution in [0.2, 0.25) is 0 Å². The molecule has 0 saturated carbocycles. The van der Waals surface area contributed by atoms with Gasteiger partial charge in [-0.05, 0) is 42.2 Å². The van der Waals surface area contributed by atoms with Crippen LogP contribution in [0.4, 0.5) is 11.4 Å². The van der Waals surface area contributed by atoms with Crippen LogP contribution in [0, 0.1) is 6.92 Å². The average molecular weight is 337 g/mol. The molecule has 3 N–H and O–H groups in total. The summed E-state index contributed by atoms with van der Waals surface area (Å²) in [5.41, 5.74) is 12.2. The fraction of sp³-hybridized carbons (Fsp3) is 0.429. The van der Waals surface area contributed by atoms with E-state index in [-0.39, 0.29) is 12.1 Å². The van der Waals surface area contributed by atoms with E-state index in [0.29, 0.717) is 0 Å². The van der Waals surface area contributed by atoms with E-state index < -0.39 is 0 Å². The Hall–Kier alpha value is -2.04. The Kier molecular flexibility index (Phi) is 4.40. The number of rotatable bonds is 2. The van der Waals surface area contributed by atoms with Crippen LogP contribution in [0.15, 0.2) is 42.5 Å². The first-order valence-corrected chi connectivity index (χ1v) is 9.22. The first-order valence-electron chi connectivity index (χ1n) is 9.22. The molecule has 0 aromatic heterocycles. The summed E-state index contributed by atoms with van der Waals surface area (Å²) >= 11 is 0. The number of nitrogen functional groups attached to an aromatic ring is 1. The van der Waals surface area contributed by atoms with Gasteiger partial charge in [0.05, 0.1) is 17.5 Å². The van der Waals surface area contributed by atoms with Crippen molar-refractivity contribution in [3.05, 3.63) is 59.2 Å². The van der Waals surface area contributed by atoms with Crippen molar-refractivity contribution >= 4 is 11.4 Å². The second-order valence-corrected chi connectivity index (χ2v) is 7.34. The molecule has 2 atom stereocenters. The summed E-state index contributed by atoms with van der Waals surface area (Å²) in [6.45, 7) is 6.00. The maximum atomic E-state index is 10.7. The molecular weight excluding hydrogens is 310 g/mol. The number of nitrogens with zero attached hydrogens (tertiary/aromatic N) is 2. The van der Waals surface area contributed by atoms with Crippen molar-refractivity contribution in [2.24, 2.45) is 0 Å². The minimum absolute atomic E-state index is 0.226. The number of hydrogen-bond donors (Lipinski definition) is 2. The second kappa shape index (κ2) is 6.70. The van der Waals surface area contributed by atoms with Gasteiger partial charge in [-0.25, -0.2) is 0 Å². The van der Waals surface area contributed by atoms with Crippen LogP contribution < -0.4 is 10.6 Å². The van der Waals surface area contributed by atoms with E-state index in [9.17, 15) is 5.11 Å². The van der Waals surface area contributed by atoms with Crippen LogP contribution in [-0.4, -0.2) is 48.3 Å². The third kappa shape index (κ3) is 3.12. The molecule has 2 aliphatic rings. The van der Waals surface area contributed by atoms with Crippen molar-refractivity contribution in [3.63, 3.8) is 0 Å². The molecule has 1 aliphatic carbocycles. The second-order valence-electron chi connectivity index (χ2n) is 7.34. The molecule has 1 heterocycles. The summed E-state index contributed by atoms with van der Waals surface area (Å²) < 4.78 is 0. The van der Waals surface area contributed by atoms with Crippen molar-refractivity contribution in [1.29, 1.82) is 0 Å². The lowest BCUT2D eigenvalue weighted by Gasteiger charge is -2.44. The molecular formula is C21H27N3O. The van der Waals surface area contributed by atoms with E-state index >= 15 is 0 Å². The van der Waals surface area contributed by atoms with Crippen molar-refractivity contribution in [1.82, 2.24) is 4.90 Å². The van der Waals surface area contributed by atoms with E-state index in [1.54, 1.807) is 0 Å². The normalized spacial score (nSPS) is 24.2. The summed E-state index contributed by atoms with van der Waals surface area (Å²) in [6.07, 6.45) is 1.45. The molecule has 0 bridgehead atoms. The highest BCUT2D eigenvalue weighted by atomic mass is 16.3. The van der Waals surface area contributed by atoms with Crippen molar-refractivity contribution in [2.75, 3.05) is 36.8 Å². The van der Waals surface area contributed by atoms with Crippen LogP contribution in [0.3, 0.4) is 0 Å². The minimum atomic E-state index is -0.276. The molecule has 1 saturated heterocycles. The molecule has 1 fully saturated rings. The Morgan fingerprint density at radius 2 is 1.72 bits per heavy atom. The van der Waals surface area contributed by atoms with Gasteiger partial charge in [0, 0.05) is 38.6 Å². The maximum Gasteiger partial charge on any atom is 0.0739 e. The fourth-order valence-electron chi connectivity index (χ4n) is 4.40. The van der Waals surface area contributed by atoms with Gasteiger partial charge >= 0.3 is 0 Å². The van der Waals surface area contributed by atoms with Gasteiger partial charge in [0.25, 0.3) is 0 Å². The molecule has 0 amide bonds. The van der Waals surface area contributed by atoms with Gasteiger partial charge in [-0.1, -0.05) is 30.3 Å².